The number of anilines is 1. The van der Waals surface area contributed by atoms with E-state index in [1.807, 2.05) is 0 Å². The van der Waals surface area contributed by atoms with Gasteiger partial charge in [-0.1, -0.05) is 12.1 Å². The number of methoxy groups -OCH3 is 1. The maximum absolute atomic E-state index is 11.9. The summed E-state index contributed by atoms with van der Waals surface area (Å²) in [7, 11) is 1.44. The van der Waals surface area contributed by atoms with Crippen LogP contribution in [0.3, 0.4) is 0 Å². The van der Waals surface area contributed by atoms with Crippen molar-refractivity contribution in [3.05, 3.63) is 29.8 Å². The molecule has 0 saturated carbocycles. The molecule has 0 fully saturated rings. The Balaban J connectivity index is 2.97. The van der Waals surface area contributed by atoms with Gasteiger partial charge in [-0.3, -0.25) is 9.59 Å². The predicted octanol–water partition coefficient (Wildman–Crippen LogP) is 1.15. The zero-order chi connectivity index (χ0) is 13.1. The lowest BCUT2D eigenvalue weighted by Gasteiger charge is -2.22. The van der Waals surface area contributed by atoms with Crippen LogP contribution in [-0.4, -0.2) is 24.5 Å². The Labute approximate surface area is 99.9 Å². The third-order valence-electron chi connectivity index (χ3n) is 2.50. The summed E-state index contributed by atoms with van der Waals surface area (Å²) in [5, 5.41) is 2.62. The Hall–Kier alpha value is -1.88. The summed E-state index contributed by atoms with van der Waals surface area (Å²) >= 11 is 0. The number of hydrogen-bond acceptors (Lipinski definition) is 3. The van der Waals surface area contributed by atoms with Crippen LogP contribution in [0.1, 0.15) is 24.2 Å². The van der Waals surface area contributed by atoms with Gasteiger partial charge in [0.25, 0.3) is 11.8 Å². The summed E-state index contributed by atoms with van der Waals surface area (Å²) in [6.45, 7) is 3.27. The minimum Gasteiger partial charge on any atom is -0.369 e. The molecule has 1 rings (SSSR count). The molecule has 0 aromatic heterocycles. The van der Waals surface area contributed by atoms with Crippen LogP contribution in [0.25, 0.3) is 0 Å². The molecule has 0 radical (unpaired) electrons. The number of carbonyl (C=O) groups is 2. The number of nitrogens with two attached hydrogens (primary N) is 1. The number of para-hydroxylation sites is 1. The number of carbonyl (C=O) groups excluding carboxylic acids is 2. The van der Waals surface area contributed by atoms with Crippen LogP contribution in [0.2, 0.25) is 0 Å². The van der Waals surface area contributed by atoms with Crippen molar-refractivity contribution < 1.29 is 14.3 Å². The molecule has 0 unspecified atom stereocenters. The lowest BCUT2D eigenvalue weighted by Crippen LogP contribution is -2.39. The van der Waals surface area contributed by atoms with E-state index in [9.17, 15) is 9.59 Å². The normalized spacial score (nSPS) is 11.0. The SMILES string of the molecule is COC(C)(C)C(=O)Nc1ccccc1C(N)=O. The topological polar surface area (TPSA) is 81.4 Å². The highest BCUT2D eigenvalue weighted by Gasteiger charge is 2.27. The van der Waals surface area contributed by atoms with Crippen molar-refractivity contribution in [2.75, 3.05) is 12.4 Å². The van der Waals surface area contributed by atoms with Crippen LogP contribution in [0, 0.1) is 0 Å². The first-order valence-corrected chi connectivity index (χ1v) is 5.14. The second-order valence-corrected chi connectivity index (χ2v) is 4.08. The standard InChI is InChI=1S/C12H16N2O3/c1-12(2,17-3)11(16)14-9-7-5-4-6-8(9)10(13)15/h4-7H,1-3H3,(H2,13,15)(H,14,16). The van der Waals surface area contributed by atoms with E-state index in [1.165, 1.54) is 7.11 Å². The van der Waals surface area contributed by atoms with Gasteiger partial charge in [-0.2, -0.15) is 0 Å². The number of rotatable bonds is 4. The van der Waals surface area contributed by atoms with Gasteiger partial charge >= 0.3 is 0 Å². The molecule has 2 amide bonds. The first-order valence-electron chi connectivity index (χ1n) is 5.14. The van der Waals surface area contributed by atoms with Gasteiger partial charge in [-0.15, -0.1) is 0 Å². The van der Waals surface area contributed by atoms with E-state index in [4.69, 9.17) is 10.5 Å². The average molecular weight is 236 g/mol. The number of hydrogen-bond donors (Lipinski definition) is 2. The smallest absolute Gasteiger partial charge is 0.256 e. The fourth-order valence-corrected chi connectivity index (χ4v) is 1.17. The predicted molar refractivity (Wildman–Crippen MR) is 64.7 cm³/mol. The molecular weight excluding hydrogens is 220 g/mol. The molecule has 0 bridgehead atoms. The molecule has 92 valence electrons. The van der Waals surface area contributed by atoms with Gasteiger partial charge in [0.05, 0.1) is 11.3 Å². The fourth-order valence-electron chi connectivity index (χ4n) is 1.17. The van der Waals surface area contributed by atoms with E-state index in [0.717, 1.165) is 0 Å². The van der Waals surface area contributed by atoms with Gasteiger partial charge in [0.15, 0.2) is 0 Å². The molecular formula is C12H16N2O3. The minimum atomic E-state index is -0.968. The third kappa shape index (κ3) is 3.04. The quantitative estimate of drug-likeness (QED) is 0.822. The van der Waals surface area contributed by atoms with Crippen molar-refractivity contribution in [1.82, 2.24) is 0 Å². The number of primary amides is 1. The van der Waals surface area contributed by atoms with Crippen molar-refractivity contribution in [3.8, 4) is 0 Å². The van der Waals surface area contributed by atoms with E-state index in [0.29, 0.717) is 5.69 Å². The molecule has 0 aliphatic carbocycles. The highest BCUT2D eigenvalue weighted by atomic mass is 16.5. The summed E-state index contributed by atoms with van der Waals surface area (Å²) in [5.41, 5.74) is 4.90. The summed E-state index contributed by atoms with van der Waals surface area (Å²) in [5.74, 6) is -0.926. The van der Waals surface area contributed by atoms with Gasteiger partial charge in [0.2, 0.25) is 0 Å². The Morgan fingerprint density at radius 3 is 2.41 bits per heavy atom. The van der Waals surface area contributed by atoms with Crippen molar-refractivity contribution in [2.45, 2.75) is 19.4 Å². The molecule has 5 heteroatoms. The van der Waals surface area contributed by atoms with Crippen molar-refractivity contribution in [3.63, 3.8) is 0 Å². The number of benzene rings is 1. The number of nitrogens with one attached hydrogen (secondary N) is 1. The van der Waals surface area contributed by atoms with Crippen LogP contribution in [0.15, 0.2) is 24.3 Å². The first kappa shape index (κ1) is 13.2. The van der Waals surface area contributed by atoms with Gasteiger partial charge in [-0.05, 0) is 26.0 Å². The van der Waals surface area contributed by atoms with E-state index in [1.54, 1.807) is 38.1 Å². The van der Waals surface area contributed by atoms with E-state index < -0.39 is 11.5 Å². The van der Waals surface area contributed by atoms with Crippen LogP contribution >= 0.6 is 0 Å². The highest BCUT2D eigenvalue weighted by molar-refractivity contribution is 6.04. The van der Waals surface area contributed by atoms with Crippen LogP contribution in [-0.2, 0) is 9.53 Å². The summed E-state index contributed by atoms with van der Waals surface area (Å²) < 4.78 is 5.04. The Kier molecular flexibility index (Phi) is 3.85. The number of ether oxygens (including phenoxy) is 1. The first-order chi connectivity index (χ1) is 7.88. The molecule has 0 heterocycles. The van der Waals surface area contributed by atoms with Gasteiger partial charge in [0, 0.05) is 7.11 Å². The monoisotopic (exact) mass is 236 g/mol. The summed E-state index contributed by atoms with van der Waals surface area (Å²) in [4.78, 5) is 23.0. The summed E-state index contributed by atoms with van der Waals surface area (Å²) in [6, 6.07) is 6.56. The maximum atomic E-state index is 11.9. The lowest BCUT2D eigenvalue weighted by atomic mass is 10.1. The highest BCUT2D eigenvalue weighted by Crippen LogP contribution is 2.17. The maximum Gasteiger partial charge on any atom is 0.256 e. The van der Waals surface area contributed by atoms with Crippen LogP contribution in [0.4, 0.5) is 5.69 Å². The summed E-state index contributed by atoms with van der Waals surface area (Å²) in [6.07, 6.45) is 0. The second-order valence-electron chi connectivity index (χ2n) is 4.08. The van der Waals surface area contributed by atoms with Crippen molar-refractivity contribution >= 4 is 17.5 Å². The van der Waals surface area contributed by atoms with Crippen molar-refractivity contribution in [2.24, 2.45) is 5.73 Å². The molecule has 1 aromatic rings. The van der Waals surface area contributed by atoms with Crippen LogP contribution < -0.4 is 11.1 Å². The largest absolute Gasteiger partial charge is 0.369 e. The lowest BCUT2D eigenvalue weighted by molar-refractivity contribution is -0.133. The van der Waals surface area contributed by atoms with E-state index >= 15 is 0 Å². The Morgan fingerprint density at radius 1 is 1.29 bits per heavy atom. The molecule has 0 saturated heterocycles. The molecule has 0 aliphatic rings. The third-order valence-corrected chi connectivity index (χ3v) is 2.50. The molecule has 3 N–H and O–H groups in total. The van der Waals surface area contributed by atoms with Crippen molar-refractivity contribution in [1.29, 1.82) is 0 Å². The molecule has 5 nitrogen and oxygen atoms in total. The van der Waals surface area contributed by atoms with Crippen LogP contribution in [0.5, 0.6) is 0 Å². The zero-order valence-electron chi connectivity index (χ0n) is 10.1. The molecule has 0 atom stereocenters. The second kappa shape index (κ2) is 4.97. The average Bonchev–Trinajstić information content (AvgIpc) is 2.29. The Bertz CT molecular complexity index is 441. The van der Waals surface area contributed by atoms with Gasteiger partial charge in [-0.25, -0.2) is 0 Å². The van der Waals surface area contributed by atoms with E-state index in [-0.39, 0.29) is 11.5 Å². The number of amides is 2. The fraction of sp³-hybridized carbons (Fsp3) is 0.333. The minimum absolute atomic E-state index is 0.271. The molecule has 17 heavy (non-hydrogen) atoms. The zero-order valence-corrected chi connectivity index (χ0v) is 10.1. The molecule has 0 aliphatic heterocycles. The molecule has 1 aromatic carbocycles. The molecule has 0 spiro atoms. The van der Waals surface area contributed by atoms with Gasteiger partial charge in [0.1, 0.15) is 5.60 Å². The van der Waals surface area contributed by atoms with Gasteiger partial charge < -0.3 is 15.8 Å². The van der Waals surface area contributed by atoms with E-state index in [2.05, 4.69) is 5.32 Å². The Morgan fingerprint density at radius 2 is 1.88 bits per heavy atom.